The third-order valence-corrected chi connectivity index (χ3v) is 5.74. The van der Waals surface area contributed by atoms with Gasteiger partial charge in [-0.1, -0.05) is 29.8 Å². The Morgan fingerprint density at radius 2 is 2.00 bits per heavy atom. The molecular formula is C22H22ClFN2. The van der Waals surface area contributed by atoms with Gasteiger partial charge in [0.1, 0.15) is 5.82 Å². The molecule has 134 valence electrons. The molecule has 0 fully saturated rings. The van der Waals surface area contributed by atoms with Gasteiger partial charge in [-0.05, 0) is 62.7 Å². The number of aromatic nitrogens is 1. The second-order valence-corrected chi connectivity index (χ2v) is 7.53. The number of hydrogen-bond acceptors (Lipinski definition) is 1. The maximum atomic E-state index is 14.2. The van der Waals surface area contributed by atoms with Gasteiger partial charge in [-0.15, -0.1) is 0 Å². The molecule has 0 radical (unpaired) electrons. The van der Waals surface area contributed by atoms with Gasteiger partial charge < -0.3 is 4.57 Å². The number of benzene rings is 2. The van der Waals surface area contributed by atoms with Crippen molar-refractivity contribution in [3.8, 4) is 0 Å². The largest absolute Gasteiger partial charge is 0.318 e. The van der Waals surface area contributed by atoms with Crippen LogP contribution in [0, 0.1) is 5.82 Å². The van der Waals surface area contributed by atoms with Crippen molar-refractivity contribution in [3.05, 3.63) is 70.1 Å². The summed E-state index contributed by atoms with van der Waals surface area (Å²) in [4.78, 5) is 2.35. The molecule has 0 aliphatic carbocycles. The number of likely N-dealkylation sites (N-methyl/N-ethyl adjacent to an activating group) is 1. The lowest BCUT2D eigenvalue weighted by Gasteiger charge is -2.31. The maximum absolute atomic E-state index is 14.2. The van der Waals surface area contributed by atoms with E-state index in [1.54, 1.807) is 6.07 Å². The quantitative estimate of drug-likeness (QED) is 0.538. The highest BCUT2D eigenvalue weighted by Crippen LogP contribution is 2.38. The summed E-state index contributed by atoms with van der Waals surface area (Å²) < 4.78 is 16.5. The van der Waals surface area contributed by atoms with Crippen molar-refractivity contribution in [1.82, 2.24) is 9.47 Å². The highest BCUT2D eigenvalue weighted by molar-refractivity contribution is 6.31. The number of hydrogen-bond donors (Lipinski definition) is 0. The lowest BCUT2D eigenvalue weighted by atomic mass is 9.99. The van der Waals surface area contributed by atoms with E-state index in [9.17, 15) is 4.39 Å². The third-order valence-electron chi connectivity index (χ3n) is 5.50. The molecule has 2 aromatic carbocycles. The van der Waals surface area contributed by atoms with Gasteiger partial charge in [0.05, 0.1) is 5.52 Å². The average molecular weight is 369 g/mol. The molecule has 3 aromatic rings. The lowest BCUT2D eigenvalue weighted by Crippen LogP contribution is -2.31. The fourth-order valence-corrected chi connectivity index (χ4v) is 4.14. The molecule has 0 N–H and O–H groups in total. The van der Waals surface area contributed by atoms with Crippen LogP contribution in [0.25, 0.3) is 22.7 Å². The fourth-order valence-electron chi connectivity index (χ4n) is 3.96. The third kappa shape index (κ3) is 2.76. The second kappa shape index (κ2) is 6.57. The van der Waals surface area contributed by atoms with Crippen LogP contribution in [0.15, 0.2) is 42.5 Å². The standard InChI is InChI=1S/C22H22ClFN2/c1-14(17-6-4-5-7-20(17)24)13-26-21-9-8-16(23)12-19(21)18-10-11-25(3)15(2)22(18)26/h4-9,12-13,15H,10-11H2,1-3H3. The number of allylic oxidation sites excluding steroid dienone is 1. The van der Waals surface area contributed by atoms with Gasteiger partial charge >= 0.3 is 0 Å². The maximum Gasteiger partial charge on any atom is 0.130 e. The highest BCUT2D eigenvalue weighted by Gasteiger charge is 2.27. The van der Waals surface area contributed by atoms with Crippen LogP contribution in [0.1, 0.15) is 36.7 Å². The highest BCUT2D eigenvalue weighted by atomic mass is 35.5. The Morgan fingerprint density at radius 1 is 1.23 bits per heavy atom. The molecule has 2 heterocycles. The summed E-state index contributed by atoms with van der Waals surface area (Å²) in [5, 5.41) is 1.95. The summed E-state index contributed by atoms with van der Waals surface area (Å²) in [5.74, 6) is -0.195. The van der Waals surface area contributed by atoms with E-state index >= 15 is 0 Å². The zero-order chi connectivity index (χ0) is 18.4. The average Bonchev–Trinajstić information content (AvgIpc) is 2.92. The first-order valence-corrected chi connectivity index (χ1v) is 9.31. The summed E-state index contributed by atoms with van der Waals surface area (Å²) in [7, 11) is 2.15. The van der Waals surface area contributed by atoms with Crippen LogP contribution in [0.3, 0.4) is 0 Å². The molecule has 0 bridgehead atoms. The minimum Gasteiger partial charge on any atom is -0.318 e. The molecule has 0 saturated heterocycles. The van der Waals surface area contributed by atoms with Crippen LogP contribution in [-0.4, -0.2) is 23.1 Å². The molecule has 0 amide bonds. The molecule has 0 spiro atoms. The van der Waals surface area contributed by atoms with Crippen molar-refractivity contribution in [1.29, 1.82) is 0 Å². The summed E-state index contributed by atoms with van der Waals surface area (Å²) in [6, 6.07) is 13.2. The summed E-state index contributed by atoms with van der Waals surface area (Å²) in [5.41, 5.74) is 5.28. The SMILES string of the molecule is CC(=Cn1c2c(c3cc(Cl)ccc31)CCN(C)C2C)c1ccccc1F. The van der Waals surface area contributed by atoms with Crippen LogP contribution in [0.4, 0.5) is 4.39 Å². The van der Waals surface area contributed by atoms with Crippen molar-refractivity contribution < 1.29 is 4.39 Å². The van der Waals surface area contributed by atoms with E-state index in [0.29, 0.717) is 5.56 Å². The normalized spacial score (nSPS) is 18.3. The predicted octanol–water partition coefficient (Wildman–Crippen LogP) is 6.00. The van der Waals surface area contributed by atoms with Crippen LogP contribution in [0.2, 0.25) is 5.02 Å². The zero-order valence-electron chi connectivity index (χ0n) is 15.3. The monoisotopic (exact) mass is 368 g/mol. The molecule has 1 aliphatic heterocycles. The minimum absolute atomic E-state index is 0.195. The minimum atomic E-state index is -0.195. The zero-order valence-corrected chi connectivity index (χ0v) is 16.0. The smallest absolute Gasteiger partial charge is 0.130 e. The Kier molecular flexibility index (Phi) is 4.37. The molecule has 4 heteroatoms. The van der Waals surface area contributed by atoms with Crippen molar-refractivity contribution in [2.75, 3.05) is 13.6 Å². The first kappa shape index (κ1) is 17.3. The van der Waals surface area contributed by atoms with E-state index in [-0.39, 0.29) is 11.9 Å². The first-order valence-electron chi connectivity index (χ1n) is 8.93. The van der Waals surface area contributed by atoms with Gasteiger partial charge in [-0.3, -0.25) is 4.90 Å². The molecule has 1 aliphatic rings. The van der Waals surface area contributed by atoms with E-state index in [4.69, 9.17) is 11.6 Å². The molecule has 26 heavy (non-hydrogen) atoms. The fraction of sp³-hybridized carbons (Fsp3) is 0.273. The Labute approximate surface area is 158 Å². The van der Waals surface area contributed by atoms with Crippen molar-refractivity contribution in [2.24, 2.45) is 0 Å². The lowest BCUT2D eigenvalue weighted by molar-refractivity contribution is 0.242. The summed E-state index contributed by atoms with van der Waals surface area (Å²) >= 11 is 6.27. The Hall–Kier alpha value is -2.10. The molecule has 2 nitrogen and oxygen atoms in total. The van der Waals surface area contributed by atoms with Crippen molar-refractivity contribution in [3.63, 3.8) is 0 Å². The molecular weight excluding hydrogens is 347 g/mol. The molecule has 1 atom stereocenters. The van der Waals surface area contributed by atoms with Crippen LogP contribution in [-0.2, 0) is 6.42 Å². The second-order valence-electron chi connectivity index (χ2n) is 7.09. The topological polar surface area (TPSA) is 8.17 Å². The van der Waals surface area contributed by atoms with Crippen LogP contribution < -0.4 is 0 Å². The van der Waals surface area contributed by atoms with E-state index in [1.807, 2.05) is 25.1 Å². The van der Waals surface area contributed by atoms with Crippen molar-refractivity contribution >= 4 is 34.3 Å². The van der Waals surface area contributed by atoms with Gasteiger partial charge in [-0.2, -0.15) is 0 Å². The molecule has 0 saturated carbocycles. The Balaban J connectivity index is 1.98. The van der Waals surface area contributed by atoms with E-state index in [0.717, 1.165) is 29.1 Å². The van der Waals surface area contributed by atoms with Gasteiger partial charge in [0, 0.05) is 40.5 Å². The number of nitrogens with zero attached hydrogens (tertiary/aromatic N) is 2. The van der Waals surface area contributed by atoms with E-state index in [1.165, 1.54) is 22.7 Å². The van der Waals surface area contributed by atoms with E-state index in [2.05, 4.69) is 41.8 Å². The van der Waals surface area contributed by atoms with Crippen LogP contribution >= 0.6 is 11.6 Å². The van der Waals surface area contributed by atoms with Crippen molar-refractivity contribution in [2.45, 2.75) is 26.3 Å². The Bertz CT molecular complexity index is 1020. The molecule has 1 aromatic heterocycles. The van der Waals surface area contributed by atoms with E-state index < -0.39 is 0 Å². The number of fused-ring (bicyclic) bond motifs is 3. The van der Waals surface area contributed by atoms with Crippen LogP contribution in [0.5, 0.6) is 0 Å². The Morgan fingerprint density at radius 3 is 2.77 bits per heavy atom. The van der Waals surface area contributed by atoms with Gasteiger partial charge in [0.15, 0.2) is 0 Å². The van der Waals surface area contributed by atoms with Gasteiger partial charge in [-0.25, -0.2) is 4.39 Å². The van der Waals surface area contributed by atoms with Gasteiger partial charge in [0.25, 0.3) is 0 Å². The summed E-state index contributed by atoms with van der Waals surface area (Å²) in [6.45, 7) is 5.21. The first-order chi connectivity index (χ1) is 12.5. The summed E-state index contributed by atoms with van der Waals surface area (Å²) in [6.07, 6.45) is 3.05. The number of rotatable bonds is 2. The molecule has 1 unspecified atom stereocenters. The predicted molar refractivity (Wildman–Crippen MR) is 108 cm³/mol. The van der Waals surface area contributed by atoms with Gasteiger partial charge in [0.2, 0.25) is 0 Å². The number of halogens is 2. The molecule has 4 rings (SSSR count).